The Balaban J connectivity index is 2.27. The highest BCUT2D eigenvalue weighted by Gasteiger charge is 2.09. The molecule has 4 nitrogen and oxygen atoms in total. The second-order valence-corrected chi connectivity index (χ2v) is 5.61. The molecule has 0 bridgehead atoms. The molecule has 0 spiro atoms. The van der Waals surface area contributed by atoms with Crippen LogP contribution in [-0.2, 0) is 11.3 Å². The Labute approximate surface area is 142 Å². The predicted octanol–water partition coefficient (Wildman–Crippen LogP) is 5.37. The number of hydrogen-bond donors (Lipinski definition) is 1. The van der Waals surface area contributed by atoms with Crippen molar-refractivity contribution in [3.63, 3.8) is 0 Å². The van der Waals surface area contributed by atoms with Crippen LogP contribution in [0.25, 0.3) is 0 Å². The first kappa shape index (κ1) is 16.6. The van der Waals surface area contributed by atoms with Crippen molar-refractivity contribution in [1.82, 2.24) is 9.97 Å². The van der Waals surface area contributed by atoms with Crippen LogP contribution in [0.2, 0.25) is 20.2 Å². The highest BCUT2D eigenvalue weighted by molar-refractivity contribution is 6.44. The van der Waals surface area contributed by atoms with Crippen LogP contribution in [0, 0.1) is 0 Å². The summed E-state index contributed by atoms with van der Waals surface area (Å²) in [5.41, 5.74) is 0.572. The zero-order chi connectivity index (χ0) is 15.4. The van der Waals surface area contributed by atoms with E-state index >= 15 is 0 Å². The Morgan fingerprint density at radius 1 is 1.00 bits per heavy atom. The summed E-state index contributed by atoms with van der Waals surface area (Å²) in [6.07, 6.45) is 0. The van der Waals surface area contributed by atoms with Gasteiger partial charge in [-0.1, -0.05) is 46.4 Å². The van der Waals surface area contributed by atoms with E-state index in [0.717, 1.165) is 0 Å². The van der Waals surface area contributed by atoms with Crippen molar-refractivity contribution >= 4 is 57.9 Å². The molecule has 2 rings (SSSR count). The minimum atomic E-state index is 0.279. The van der Waals surface area contributed by atoms with Gasteiger partial charge in [-0.25, -0.2) is 9.97 Å². The molecule has 1 aromatic heterocycles. The van der Waals surface area contributed by atoms with Crippen LogP contribution in [0.1, 0.15) is 12.7 Å². The maximum Gasteiger partial charge on any atom is 0.158 e. The first-order valence-corrected chi connectivity index (χ1v) is 7.53. The summed E-state index contributed by atoms with van der Waals surface area (Å²) in [5.74, 6) is 0.966. The Morgan fingerprint density at radius 3 is 2.43 bits per heavy atom. The molecule has 2 aromatic rings. The van der Waals surface area contributed by atoms with Crippen molar-refractivity contribution in [2.75, 3.05) is 11.9 Å². The Morgan fingerprint density at radius 2 is 1.71 bits per heavy atom. The summed E-state index contributed by atoms with van der Waals surface area (Å²) < 4.78 is 5.26. The number of hydrogen-bond acceptors (Lipinski definition) is 4. The van der Waals surface area contributed by atoms with Crippen LogP contribution in [0.5, 0.6) is 0 Å². The van der Waals surface area contributed by atoms with Gasteiger partial charge >= 0.3 is 0 Å². The fourth-order valence-electron chi connectivity index (χ4n) is 1.54. The van der Waals surface area contributed by atoms with Crippen LogP contribution in [0.15, 0.2) is 18.2 Å². The Hall–Kier alpha value is -0.780. The number of rotatable bonds is 5. The standard InChI is InChI=1S/C13H11Cl4N3O/c1-2-21-6-13-19-11(17)5-12(20-13)18-10-4-8(15)7(14)3-9(10)16/h3-5H,2,6H2,1H3,(H,18,19,20). The highest BCUT2D eigenvalue weighted by atomic mass is 35.5. The largest absolute Gasteiger partial charge is 0.374 e. The molecule has 0 aliphatic heterocycles. The van der Waals surface area contributed by atoms with Crippen molar-refractivity contribution in [2.24, 2.45) is 0 Å². The van der Waals surface area contributed by atoms with Crippen LogP contribution >= 0.6 is 46.4 Å². The van der Waals surface area contributed by atoms with Crippen molar-refractivity contribution in [2.45, 2.75) is 13.5 Å². The Kier molecular flexibility index (Phi) is 5.90. The smallest absolute Gasteiger partial charge is 0.158 e. The van der Waals surface area contributed by atoms with Crippen molar-refractivity contribution in [3.05, 3.63) is 44.2 Å². The quantitative estimate of drug-likeness (QED) is 0.570. The summed E-state index contributed by atoms with van der Waals surface area (Å²) >= 11 is 23.9. The van der Waals surface area contributed by atoms with E-state index < -0.39 is 0 Å². The van der Waals surface area contributed by atoms with Gasteiger partial charge in [-0.05, 0) is 19.1 Å². The normalized spacial score (nSPS) is 10.7. The summed E-state index contributed by atoms with van der Waals surface area (Å²) in [7, 11) is 0. The number of nitrogens with zero attached hydrogens (tertiary/aromatic N) is 2. The highest BCUT2D eigenvalue weighted by Crippen LogP contribution is 2.33. The fraction of sp³-hybridized carbons (Fsp3) is 0.231. The van der Waals surface area contributed by atoms with Crippen LogP contribution in [0.4, 0.5) is 11.5 Å². The molecule has 8 heteroatoms. The van der Waals surface area contributed by atoms with E-state index in [4.69, 9.17) is 51.1 Å². The second-order valence-electron chi connectivity index (χ2n) is 4.00. The average molecular weight is 367 g/mol. The lowest BCUT2D eigenvalue weighted by Gasteiger charge is -2.10. The summed E-state index contributed by atoms with van der Waals surface area (Å²) in [6, 6.07) is 4.75. The summed E-state index contributed by atoms with van der Waals surface area (Å²) in [5, 5.41) is 4.52. The minimum absolute atomic E-state index is 0.279. The molecule has 21 heavy (non-hydrogen) atoms. The van der Waals surface area contributed by atoms with E-state index in [1.165, 1.54) is 0 Å². The summed E-state index contributed by atoms with van der Waals surface area (Å²) in [6.45, 7) is 2.73. The van der Waals surface area contributed by atoms with Crippen molar-refractivity contribution in [3.8, 4) is 0 Å². The molecule has 0 radical (unpaired) electrons. The van der Waals surface area contributed by atoms with Gasteiger partial charge in [0.25, 0.3) is 0 Å². The number of aromatic nitrogens is 2. The van der Waals surface area contributed by atoms with Gasteiger partial charge in [0.05, 0.1) is 20.8 Å². The molecule has 0 amide bonds. The van der Waals surface area contributed by atoms with E-state index in [1.54, 1.807) is 18.2 Å². The van der Waals surface area contributed by atoms with Gasteiger partial charge in [0, 0.05) is 12.7 Å². The third kappa shape index (κ3) is 4.59. The second kappa shape index (κ2) is 7.47. The molecule has 0 saturated heterocycles. The topological polar surface area (TPSA) is 47.0 Å². The zero-order valence-corrected chi connectivity index (χ0v) is 14.0. The number of anilines is 2. The third-order valence-corrected chi connectivity index (χ3v) is 3.68. The monoisotopic (exact) mass is 365 g/mol. The number of benzene rings is 1. The van der Waals surface area contributed by atoms with Gasteiger partial charge in [0.1, 0.15) is 17.6 Å². The zero-order valence-electron chi connectivity index (χ0n) is 11.0. The molecular weight excluding hydrogens is 356 g/mol. The van der Waals surface area contributed by atoms with Gasteiger partial charge in [0.15, 0.2) is 5.82 Å². The molecule has 1 N–H and O–H groups in total. The fourth-order valence-corrected chi connectivity index (χ4v) is 2.34. The van der Waals surface area contributed by atoms with Gasteiger partial charge in [-0.3, -0.25) is 0 Å². The third-order valence-electron chi connectivity index (χ3n) is 2.45. The maximum atomic E-state index is 6.11. The molecule has 0 saturated carbocycles. The predicted molar refractivity (Wildman–Crippen MR) is 87.1 cm³/mol. The first-order valence-electron chi connectivity index (χ1n) is 6.02. The molecule has 1 aromatic carbocycles. The molecular formula is C13H11Cl4N3O. The molecule has 0 aliphatic carbocycles. The van der Waals surface area contributed by atoms with Crippen molar-refractivity contribution < 1.29 is 4.74 Å². The van der Waals surface area contributed by atoms with Gasteiger partial charge in [-0.2, -0.15) is 0 Å². The maximum absolute atomic E-state index is 6.11. The first-order chi connectivity index (χ1) is 9.99. The molecule has 0 unspecified atom stereocenters. The summed E-state index contributed by atoms with van der Waals surface area (Å²) in [4.78, 5) is 8.37. The minimum Gasteiger partial charge on any atom is -0.374 e. The number of ether oxygens (including phenoxy) is 1. The van der Waals surface area contributed by atoms with Gasteiger partial charge < -0.3 is 10.1 Å². The van der Waals surface area contributed by atoms with E-state index in [0.29, 0.717) is 44.2 Å². The molecule has 112 valence electrons. The lowest BCUT2D eigenvalue weighted by molar-refractivity contribution is 0.128. The van der Waals surface area contributed by atoms with Gasteiger partial charge in [-0.15, -0.1) is 0 Å². The molecule has 1 heterocycles. The van der Waals surface area contributed by atoms with E-state index in [2.05, 4.69) is 15.3 Å². The average Bonchev–Trinajstić information content (AvgIpc) is 2.42. The van der Waals surface area contributed by atoms with Crippen molar-refractivity contribution in [1.29, 1.82) is 0 Å². The van der Waals surface area contributed by atoms with E-state index in [9.17, 15) is 0 Å². The van der Waals surface area contributed by atoms with Crippen LogP contribution in [0.3, 0.4) is 0 Å². The van der Waals surface area contributed by atoms with Gasteiger partial charge in [0.2, 0.25) is 0 Å². The molecule has 0 aliphatic rings. The lowest BCUT2D eigenvalue weighted by atomic mass is 10.3. The number of halogens is 4. The van der Waals surface area contributed by atoms with Crippen LogP contribution < -0.4 is 5.32 Å². The van der Waals surface area contributed by atoms with Crippen LogP contribution in [-0.4, -0.2) is 16.6 Å². The molecule has 0 atom stereocenters. The lowest BCUT2D eigenvalue weighted by Crippen LogP contribution is -2.03. The molecule has 0 fully saturated rings. The SMILES string of the molecule is CCOCc1nc(Cl)cc(Nc2cc(Cl)c(Cl)cc2Cl)n1. The Bertz CT molecular complexity index is 652. The number of nitrogens with one attached hydrogen (secondary N) is 1. The van der Waals surface area contributed by atoms with E-state index in [1.807, 2.05) is 6.92 Å². The van der Waals surface area contributed by atoms with E-state index in [-0.39, 0.29) is 6.61 Å².